The predicted molar refractivity (Wildman–Crippen MR) is 86.0 cm³/mol. The Balaban J connectivity index is 1.87. The first kappa shape index (κ1) is 16.5. The van der Waals surface area contributed by atoms with E-state index in [1.54, 1.807) is 0 Å². The molecule has 6 heteroatoms. The fourth-order valence-corrected chi connectivity index (χ4v) is 4.34. The fraction of sp³-hybridized carbons (Fsp3) is 0.600. The molecule has 0 amide bonds. The Morgan fingerprint density at radius 3 is 2.10 bits per heavy atom. The smallest absolute Gasteiger partial charge is 0.344 e. The highest BCUT2D eigenvalue weighted by Gasteiger charge is 2.29. The predicted octanol–water partition coefficient (Wildman–Crippen LogP) is 3.03. The molecule has 118 valence electrons. The van der Waals surface area contributed by atoms with E-state index in [1.807, 2.05) is 19.9 Å². The van der Waals surface area contributed by atoms with Gasteiger partial charge in [-0.1, -0.05) is 18.2 Å². The largest absolute Gasteiger partial charge is 0.369 e. The summed E-state index contributed by atoms with van der Waals surface area (Å²) >= 11 is 0. The molecule has 1 aliphatic rings. The summed E-state index contributed by atoms with van der Waals surface area (Å²) in [5.74, 6) is 0. The highest BCUT2D eigenvalue weighted by atomic mass is 31.2. The van der Waals surface area contributed by atoms with Gasteiger partial charge in [-0.25, -0.2) is 0 Å². The fourth-order valence-electron chi connectivity index (χ4n) is 2.54. The lowest BCUT2D eigenvalue weighted by Gasteiger charge is -2.37. The molecule has 1 aromatic carbocycles. The maximum absolute atomic E-state index is 12.5. The number of piperazine rings is 1. The van der Waals surface area contributed by atoms with Crippen LogP contribution in [0.4, 0.5) is 5.69 Å². The molecule has 2 rings (SSSR count). The monoisotopic (exact) mass is 312 g/mol. The minimum Gasteiger partial charge on any atom is -0.369 e. The summed E-state index contributed by atoms with van der Waals surface area (Å²) in [7, 11) is -2.97. The van der Waals surface area contributed by atoms with Crippen molar-refractivity contribution in [1.29, 1.82) is 0 Å². The van der Waals surface area contributed by atoms with Crippen molar-refractivity contribution in [2.45, 2.75) is 13.8 Å². The van der Waals surface area contributed by atoms with Crippen LogP contribution in [0.2, 0.25) is 0 Å². The molecule has 0 bridgehead atoms. The zero-order valence-corrected chi connectivity index (χ0v) is 13.8. The Morgan fingerprint density at radius 2 is 1.57 bits per heavy atom. The maximum atomic E-state index is 12.5. The molecule has 0 N–H and O–H groups in total. The molecule has 0 saturated carbocycles. The lowest BCUT2D eigenvalue weighted by molar-refractivity contribution is 0.192. The molecule has 21 heavy (non-hydrogen) atoms. The van der Waals surface area contributed by atoms with Crippen molar-refractivity contribution in [2.75, 3.05) is 50.6 Å². The molecule has 0 atom stereocenters. The molecule has 1 heterocycles. The van der Waals surface area contributed by atoms with Gasteiger partial charge in [0.25, 0.3) is 0 Å². The van der Waals surface area contributed by atoms with E-state index in [9.17, 15) is 4.57 Å². The molecule has 1 saturated heterocycles. The molecule has 0 radical (unpaired) electrons. The van der Waals surface area contributed by atoms with E-state index >= 15 is 0 Å². The molecular formula is C15H25N2O3P. The topological polar surface area (TPSA) is 42.0 Å². The molecule has 0 spiro atoms. The molecule has 5 nitrogen and oxygen atoms in total. The summed E-state index contributed by atoms with van der Waals surface area (Å²) in [5, 5.41) is 0. The number of rotatable bonds is 7. The van der Waals surface area contributed by atoms with Crippen molar-refractivity contribution in [2.24, 2.45) is 0 Å². The van der Waals surface area contributed by atoms with Crippen molar-refractivity contribution < 1.29 is 13.6 Å². The van der Waals surface area contributed by atoms with Crippen LogP contribution in [0.3, 0.4) is 0 Å². The van der Waals surface area contributed by atoms with Crippen molar-refractivity contribution in [1.82, 2.24) is 4.90 Å². The zero-order valence-electron chi connectivity index (χ0n) is 12.9. The number of benzene rings is 1. The summed E-state index contributed by atoms with van der Waals surface area (Å²) in [6, 6.07) is 10.4. The minimum absolute atomic E-state index is 0.386. The Labute approximate surface area is 127 Å². The average molecular weight is 312 g/mol. The van der Waals surface area contributed by atoms with Gasteiger partial charge >= 0.3 is 7.60 Å². The van der Waals surface area contributed by atoms with Gasteiger partial charge in [-0.2, -0.15) is 0 Å². The average Bonchev–Trinajstić information content (AvgIpc) is 2.49. The summed E-state index contributed by atoms with van der Waals surface area (Å²) in [6.07, 6.45) is 0.386. The summed E-state index contributed by atoms with van der Waals surface area (Å²) in [6.45, 7) is 8.14. The van der Waals surface area contributed by atoms with Crippen LogP contribution < -0.4 is 4.90 Å². The van der Waals surface area contributed by atoms with Gasteiger partial charge < -0.3 is 13.9 Å². The number of nitrogens with zero attached hydrogens (tertiary/aromatic N) is 2. The van der Waals surface area contributed by atoms with Crippen LogP contribution >= 0.6 is 7.60 Å². The molecule has 1 aromatic rings. The zero-order chi connectivity index (χ0) is 15.1. The van der Waals surface area contributed by atoms with Gasteiger partial charge in [-0.05, 0) is 26.0 Å². The van der Waals surface area contributed by atoms with Crippen LogP contribution in [0.5, 0.6) is 0 Å². The standard InChI is InChI=1S/C15H25N2O3P/c1-3-19-21(18,20-4-2)14-16-10-12-17(13-11-16)15-8-6-5-7-9-15/h5-9H,3-4,10-14H2,1-2H3. The molecule has 1 aliphatic heterocycles. The van der Waals surface area contributed by atoms with Crippen LogP contribution in [0.1, 0.15) is 13.8 Å². The normalized spacial score (nSPS) is 17.1. The van der Waals surface area contributed by atoms with E-state index in [-0.39, 0.29) is 0 Å². The van der Waals surface area contributed by atoms with Gasteiger partial charge in [-0.15, -0.1) is 0 Å². The van der Waals surface area contributed by atoms with Gasteiger partial charge in [-0.3, -0.25) is 9.46 Å². The van der Waals surface area contributed by atoms with Crippen LogP contribution in [0, 0.1) is 0 Å². The molecule has 0 aromatic heterocycles. The first-order valence-electron chi connectivity index (χ1n) is 7.57. The number of para-hydroxylation sites is 1. The number of hydrogen-bond donors (Lipinski definition) is 0. The summed E-state index contributed by atoms with van der Waals surface area (Å²) in [5.41, 5.74) is 1.25. The summed E-state index contributed by atoms with van der Waals surface area (Å²) in [4.78, 5) is 4.52. The van der Waals surface area contributed by atoms with Crippen LogP contribution in [0.25, 0.3) is 0 Å². The Bertz CT molecular complexity index is 451. The van der Waals surface area contributed by atoms with Gasteiger partial charge in [0.1, 0.15) is 6.29 Å². The molecule has 0 unspecified atom stereocenters. The third kappa shape index (κ3) is 4.82. The third-order valence-electron chi connectivity index (χ3n) is 3.52. The van der Waals surface area contributed by atoms with Crippen LogP contribution in [-0.4, -0.2) is 50.6 Å². The van der Waals surface area contributed by atoms with E-state index in [1.165, 1.54) is 5.69 Å². The Kier molecular flexibility index (Phi) is 6.24. The third-order valence-corrected chi connectivity index (χ3v) is 5.57. The number of anilines is 1. The second-order valence-electron chi connectivity index (χ2n) is 5.03. The highest BCUT2D eigenvalue weighted by molar-refractivity contribution is 7.53. The van der Waals surface area contributed by atoms with Crippen molar-refractivity contribution in [3.63, 3.8) is 0 Å². The lowest BCUT2D eigenvalue weighted by Crippen LogP contribution is -2.46. The van der Waals surface area contributed by atoms with E-state index < -0.39 is 7.60 Å². The van der Waals surface area contributed by atoms with Crippen molar-refractivity contribution in [3.05, 3.63) is 30.3 Å². The second-order valence-corrected chi connectivity index (χ2v) is 7.05. The Hall–Kier alpha value is -0.870. The van der Waals surface area contributed by atoms with Gasteiger partial charge in [0.2, 0.25) is 0 Å². The van der Waals surface area contributed by atoms with Gasteiger partial charge in [0, 0.05) is 31.9 Å². The minimum atomic E-state index is -2.97. The second kappa shape index (κ2) is 7.95. The molecular weight excluding hydrogens is 287 g/mol. The maximum Gasteiger partial charge on any atom is 0.344 e. The highest BCUT2D eigenvalue weighted by Crippen LogP contribution is 2.48. The van der Waals surface area contributed by atoms with E-state index in [0.29, 0.717) is 19.5 Å². The lowest BCUT2D eigenvalue weighted by atomic mass is 10.2. The first-order chi connectivity index (χ1) is 10.2. The van der Waals surface area contributed by atoms with E-state index in [2.05, 4.69) is 34.1 Å². The van der Waals surface area contributed by atoms with Crippen molar-refractivity contribution >= 4 is 13.3 Å². The van der Waals surface area contributed by atoms with E-state index in [4.69, 9.17) is 9.05 Å². The Morgan fingerprint density at radius 1 is 1.00 bits per heavy atom. The summed E-state index contributed by atoms with van der Waals surface area (Å²) < 4.78 is 23.3. The van der Waals surface area contributed by atoms with Crippen LogP contribution in [0.15, 0.2) is 30.3 Å². The SMILES string of the molecule is CCOP(=O)(CN1CCN(c2ccccc2)CC1)OCC. The number of hydrogen-bond acceptors (Lipinski definition) is 5. The quantitative estimate of drug-likeness (QED) is 0.724. The molecule has 1 fully saturated rings. The van der Waals surface area contributed by atoms with Crippen LogP contribution in [-0.2, 0) is 13.6 Å². The first-order valence-corrected chi connectivity index (χ1v) is 9.30. The molecule has 0 aliphatic carbocycles. The van der Waals surface area contributed by atoms with Crippen molar-refractivity contribution in [3.8, 4) is 0 Å². The van der Waals surface area contributed by atoms with Gasteiger partial charge in [0.05, 0.1) is 13.2 Å². The van der Waals surface area contributed by atoms with Gasteiger partial charge in [0.15, 0.2) is 0 Å². The van der Waals surface area contributed by atoms with E-state index in [0.717, 1.165) is 26.2 Å².